The van der Waals surface area contributed by atoms with Crippen molar-refractivity contribution in [2.45, 2.75) is 229 Å². The lowest BCUT2D eigenvalue weighted by Crippen LogP contribution is -2.71. The maximum absolute atomic E-state index is 12.7. The van der Waals surface area contributed by atoms with E-state index in [1.165, 1.54) is 6.92 Å². The molecular formula is C48H82O19. The summed E-state index contributed by atoms with van der Waals surface area (Å²) in [6, 6.07) is 0. The SMILES string of the molecule is C[C@@H]1O[C@@H](O[C@H]2[C@H](O[C@H]3C[C@]4(C)[C@H](C[C@@H](O)[C@@H]5[C@@H]([C@](C)(C/C=C/C(C)(C)O)O[C@@H]6O[C@H](CO)[C@@H](O)[C@H](O)[C@H]6O)CC[C@]54C)[C@@]4(C)CC[C@H](O)C(C)(C)[C@H]34)O[C@H](CO)[C@@H](O)[C@@H]2O)[C@H](O)[C@H](O)[C@H]1O. The third-order valence-electron chi connectivity index (χ3n) is 18.5. The summed E-state index contributed by atoms with van der Waals surface area (Å²) in [5.41, 5.74) is -5.06. The zero-order chi connectivity index (χ0) is 49.7. The van der Waals surface area contributed by atoms with E-state index in [-0.39, 0.29) is 12.3 Å². The molecule has 4 aliphatic carbocycles. The van der Waals surface area contributed by atoms with Crippen LogP contribution in [0, 0.1) is 45.3 Å². The highest BCUT2D eigenvalue weighted by atomic mass is 16.8. The van der Waals surface area contributed by atoms with Gasteiger partial charge in [0.15, 0.2) is 18.9 Å². The molecule has 0 aromatic carbocycles. The van der Waals surface area contributed by atoms with Crippen molar-refractivity contribution < 1.29 is 94.8 Å². The van der Waals surface area contributed by atoms with Gasteiger partial charge in [0.1, 0.15) is 67.1 Å². The maximum atomic E-state index is 12.7. The number of rotatable bonds is 12. The maximum Gasteiger partial charge on any atom is 0.187 e. The molecule has 0 bridgehead atoms. The normalized spacial score (nSPS) is 53.4. The summed E-state index contributed by atoms with van der Waals surface area (Å²) in [5.74, 6) is -1.39. The van der Waals surface area contributed by atoms with Crippen LogP contribution < -0.4 is 0 Å². The second kappa shape index (κ2) is 19.1. The Balaban J connectivity index is 1.28. The number of hydrogen-bond acceptors (Lipinski definition) is 19. The van der Waals surface area contributed by atoms with Gasteiger partial charge >= 0.3 is 0 Å². The van der Waals surface area contributed by atoms with Crippen LogP contribution in [-0.2, 0) is 28.4 Å². The lowest BCUT2D eigenvalue weighted by molar-refractivity contribution is -0.382. The molecule has 67 heavy (non-hydrogen) atoms. The van der Waals surface area contributed by atoms with Gasteiger partial charge in [-0.05, 0) is 118 Å². The van der Waals surface area contributed by atoms with Gasteiger partial charge in [-0.2, -0.15) is 0 Å². The smallest absolute Gasteiger partial charge is 0.187 e. The minimum atomic E-state index is -1.77. The Bertz CT molecular complexity index is 1730. The third kappa shape index (κ3) is 9.13. The number of hydrogen-bond donors (Lipinski definition) is 13. The number of aliphatic hydroxyl groups is 13. The molecule has 13 N–H and O–H groups in total. The first kappa shape index (κ1) is 53.8. The standard InChI is InChI=1S/C48H82O19/c1-21-30(53)33(56)36(59)40(62-21)66-38-35(58)32(55)26(20-50)65-42(38)63-24-18-47(8)27(45(6)15-12-28(52)44(4,5)39(24)45)17-23(51)29-22(11-16-46(29,47)7)48(9,14-10-13-43(2,3)61)67-41-37(60)34(57)31(54)25(19-49)64-41/h10,13,21-42,49-61H,11-12,14-20H2,1-9H3/b13-10+/t21-,22-,23+,24-,25+,26+,27+,28-,29-,30-,31+,32+,33+,34-,35-,36+,37+,38+,39-,40-,41-,42+,45+,46+,47+,48-/m0/s1. The Morgan fingerprint density at radius 3 is 1.85 bits per heavy atom. The lowest BCUT2D eigenvalue weighted by atomic mass is 9.34. The summed E-state index contributed by atoms with van der Waals surface area (Å²) in [6.45, 7) is 15.8. The van der Waals surface area contributed by atoms with Crippen LogP contribution in [0.15, 0.2) is 12.2 Å². The van der Waals surface area contributed by atoms with E-state index >= 15 is 0 Å². The van der Waals surface area contributed by atoms with Gasteiger partial charge < -0.3 is 94.8 Å². The zero-order valence-corrected chi connectivity index (χ0v) is 40.5. The van der Waals surface area contributed by atoms with Gasteiger partial charge in [-0.3, -0.25) is 0 Å². The molecule has 3 saturated heterocycles. The molecule has 3 heterocycles. The molecule has 0 aromatic rings. The number of aliphatic hydroxyl groups excluding tert-OH is 12. The van der Waals surface area contributed by atoms with Crippen molar-refractivity contribution >= 4 is 0 Å². The van der Waals surface area contributed by atoms with E-state index in [0.717, 1.165) is 0 Å². The molecule has 3 aliphatic heterocycles. The van der Waals surface area contributed by atoms with E-state index in [4.69, 9.17) is 28.4 Å². The molecule has 0 aromatic heterocycles. The minimum Gasteiger partial charge on any atom is -0.394 e. The van der Waals surface area contributed by atoms with E-state index in [1.807, 2.05) is 20.8 Å². The lowest BCUT2D eigenvalue weighted by Gasteiger charge is -2.72. The van der Waals surface area contributed by atoms with Gasteiger partial charge in [-0.15, -0.1) is 0 Å². The molecule has 7 rings (SSSR count). The van der Waals surface area contributed by atoms with Crippen LogP contribution in [-0.4, -0.2) is 201 Å². The number of ether oxygens (including phenoxy) is 6. The van der Waals surface area contributed by atoms with Crippen molar-refractivity contribution in [1.29, 1.82) is 0 Å². The monoisotopic (exact) mass is 963 g/mol. The van der Waals surface area contributed by atoms with Gasteiger partial charge in [0, 0.05) is 0 Å². The average Bonchev–Trinajstić information content (AvgIpc) is 3.64. The highest BCUT2D eigenvalue weighted by molar-refractivity contribution is 5.22. The summed E-state index contributed by atoms with van der Waals surface area (Å²) in [6.07, 6.45) is -18.8. The predicted molar refractivity (Wildman–Crippen MR) is 235 cm³/mol. The zero-order valence-electron chi connectivity index (χ0n) is 40.5. The Morgan fingerprint density at radius 2 is 1.24 bits per heavy atom. The van der Waals surface area contributed by atoms with Crippen molar-refractivity contribution in [3.63, 3.8) is 0 Å². The topological polar surface area (TPSA) is 318 Å². The first-order chi connectivity index (χ1) is 31.0. The van der Waals surface area contributed by atoms with Gasteiger partial charge in [-0.1, -0.05) is 46.8 Å². The minimum absolute atomic E-state index is 0.128. The van der Waals surface area contributed by atoms with Gasteiger partial charge in [-0.25, -0.2) is 0 Å². The van der Waals surface area contributed by atoms with Crippen molar-refractivity contribution in [2.75, 3.05) is 13.2 Å². The molecule has 7 fully saturated rings. The highest BCUT2D eigenvalue weighted by Gasteiger charge is 2.74. The summed E-state index contributed by atoms with van der Waals surface area (Å²) in [7, 11) is 0. The van der Waals surface area contributed by atoms with Crippen LogP contribution in [0.4, 0.5) is 0 Å². The summed E-state index contributed by atoms with van der Waals surface area (Å²) in [5, 5.41) is 143. The van der Waals surface area contributed by atoms with Crippen LogP contribution in [0.25, 0.3) is 0 Å². The highest BCUT2D eigenvalue weighted by Crippen LogP contribution is 2.76. The Hall–Kier alpha value is -1.02. The van der Waals surface area contributed by atoms with E-state index in [9.17, 15) is 66.4 Å². The average molecular weight is 963 g/mol. The molecule has 388 valence electrons. The van der Waals surface area contributed by atoms with E-state index in [1.54, 1.807) is 26.0 Å². The van der Waals surface area contributed by atoms with Crippen LogP contribution >= 0.6 is 0 Å². The van der Waals surface area contributed by atoms with Crippen LogP contribution in [0.5, 0.6) is 0 Å². The van der Waals surface area contributed by atoms with Crippen LogP contribution in [0.3, 0.4) is 0 Å². The summed E-state index contributed by atoms with van der Waals surface area (Å²) >= 11 is 0. The van der Waals surface area contributed by atoms with Crippen molar-refractivity contribution in [3.8, 4) is 0 Å². The molecule has 7 aliphatic rings. The van der Waals surface area contributed by atoms with E-state index < -0.39 is 174 Å². The first-order valence-corrected chi connectivity index (χ1v) is 24.4. The fraction of sp³-hybridized carbons (Fsp3) is 0.958. The van der Waals surface area contributed by atoms with Crippen LogP contribution in [0.1, 0.15) is 107 Å². The summed E-state index contributed by atoms with van der Waals surface area (Å²) in [4.78, 5) is 0. The van der Waals surface area contributed by atoms with Crippen molar-refractivity contribution in [1.82, 2.24) is 0 Å². The van der Waals surface area contributed by atoms with E-state index in [2.05, 4.69) is 20.8 Å². The second-order valence-electron chi connectivity index (χ2n) is 23.5. The molecule has 0 radical (unpaired) electrons. The van der Waals surface area contributed by atoms with Crippen molar-refractivity contribution in [3.05, 3.63) is 12.2 Å². The fourth-order valence-corrected chi connectivity index (χ4v) is 14.8. The van der Waals surface area contributed by atoms with E-state index in [0.29, 0.717) is 38.5 Å². The molecule has 19 nitrogen and oxygen atoms in total. The molecule has 19 heteroatoms. The van der Waals surface area contributed by atoms with Gasteiger partial charge in [0.2, 0.25) is 0 Å². The summed E-state index contributed by atoms with van der Waals surface area (Å²) < 4.78 is 37.9. The molecule has 4 saturated carbocycles. The fourth-order valence-electron chi connectivity index (χ4n) is 14.8. The Morgan fingerprint density at radius 1 is 0.657 bits per heavy atom. The predicted octanol–water partition coefficient (Wildman–Crippen LogP) is -1.06. The Kier molecular flexibility index (Phi) is 15.3. The van der Waals surface area contributed by atoms with Crippen molar-refractivity contribution in [2.24, 2.45) is 45.3 Å². The molecule has 0 amide bonds. The largest absolute Gasteiger partial charge is 0.394 e. The molecule has 0 unspecified atom stereocenters. The first-order valence-electron chi connectivity index (χ1n) is 24.4. The quantitative estimate of drug-likeness (QED) is 0.0819. The molecular weight excluding hydrogens is 881 g/mol. The van der Waals surface area contributed by atoms with Gasteiger partial charge in [0.25, 0.3) is 0 Å². The molecule has 0 spiro atoms. The number of fused-ring (bicyclic) bond motifs is 5. The van der Waals surface area contributed by atoms with Crippen LogP contribution in [0.2, 0.25) is 0 Å². The third-order valence-corrected chi connectivity index (χ3v) is 18.5. The molecule has 26 atom stereocenters. The second-order valence-corrected chi connectivity index (χ2v) is 23.5. The Labute approximate surface area is 393 Å². The van der Waals surface area contributed by atoms with Gasteiger partial charge in [0.05, 0.1) is 48.8 Å².